The summed E-state index contributed by atoms with van der Waals surface area (Å²) in [6.07, 6.45) is 0.930. The Hall–Kier alpha value is -0.280. The molecule has 0 bridgehead atoms. The van der Waals surface area contributed by atoms with Crippen LogP contribution >= 0.6 is 23.2 Å². The highest BCUT2D eigenvalue weighted by molar-refractivity contribution is 6.36. The van der Waals surface area contributed by atoms with E-state index >= 15 is 0 Å². The molecular weight excluding hydrogens is 233 g/mol. The van der Waals surface area contributed by atoms with E-state index in [1.54, 1.807) is 0 Å². The average Bonchev–Trinajstić information content (AvgIpc) is 2.65. The Morgan fingerprint density at radius 1 is 1.33 bits per heavy atom. The van der Waals surface area contributed by atoms with E-state index in [0.717, 1.165) is 18.6 Å². The smallest absolute Gasteiger partial charge is 0.0894 e. The number of hydrogen-bond donors (Lipinski definition) is 1. The third-order valence-corrected chi connectivity index (χ3v) is 3.46. The van der Waals surface area contributed by atoms with Crippen LogP contribution in [0.5, 0.6) is 0 Å². The van der Waals surface area contributed by atoms with Gasteiger partial charge in [0.05, 0.1) is 6.10 Å². The molecule has 0 aromatic heterocycles. The van der Waals surface area contributed by atoms with Gasteiger partial charge in [0.25, 0.3) is 0 Å². The summed E-state index contributed by atoms with van der Waals surface area (Å²) >= 11 is 12.3. The average molecular weight is 246 g/mol. The molecule has 2 N–H and O–H groups in total. The van der Waals surface area contributed by atoms with Crippen LogP contribution < -0.4 is 5.73 Å². The Kier molecular flexibility index (Phi) is 3.52. The Bertz CT molecular complexity index is 336. The van der Waals surface area contributed by atoms with E-state index in [4.69, 9.17) is 33.7 Å². The maximum Gasteiger partial charge on any atom is 0.0894 e. The van der Waals surface area contributed by atoms with Crippen LogP contribution in [0.2, 0.25) is 10.0 Å². The summed E-state index contributed by atoms with van der Waals surface area (Å²) in [4.78, 5) is 0. The van der Waals surface area contributed by atoms with Gasteiger partial charge in [-0.05, 0) is 25.1 Å². The van der Waals surface area contributed by atoms with E-state index in [9.17, 15) is 0 Å². The maximum absolute atomic E-state index is 6.13. The second-order valence-corrected chi connectivity index (χ2v) is 4.53. The highest BCUT2D eigenvalue weighted by atomic mass is 35.5. The van der Waals surface area contributed by atoms with Crippen molar-refractivity contribution in [3.63, 3.8) is 0 Å². The first-order valence-electron chi connectivity index (χ1n) is 4.99. The van der Waals surface area contributed by atoms with Gasteiger partial charge in [-0.15, -0.1) is 0 Å². The molecule has 15 heavy (non-hydrogen) atoms. The monoisotopic (exact) mass is 245 g/mol. The maximum atomic E-state index is 6.13. The van der Waals surface area contributed by atoms with Crippen molar-refractivity contribution >= 4 is 23.2 Å². The zero-order valence-electron chi connectivity index (χ0n) is 8.25. The molecule has 2 unspecified atom stereocenters. The normalized spacial score (nSPS) is 25.8. The molecule has 2 nitrogen and oxygen atoms in total. The van der Waals surface area contributed by atoms with Crippen LogP contribution in [0.3, 0.4) is 0 Å². The van der Waals surface area contributed by atoms with Crippen molar-refractivity contribution in [1.29, 1.82) is 0 Å². The fourth-order valence-corrected chi connectivity index (χ4v) is 2.59. The molecule has 1 aromatic carbocycles. The van der Waals surface area contributed by atoms with Crippen LogP contribution in [0, 0.1) is 5.92 Å². The summed E-state index contributed by atoms with van der Waals surface area (Å²) in [6.45, 7) is 1.33. The standard InChI is InChI=1S/C11H13Cl2NO/c12-8-2-1-3-9(13)10(8)11-7(6-14)4-5-15-11/h1-3,7,11H,4-6,14H2. The Labute approximate surface area is 99.3 Å². The number of nitrogens with two attached hydrogens (primary N) is 1. The predicted molar refractivity (Wildman–Crippen MR) is 62.3 cm³/mol. The van der Waals surface area contributed by atoms with E-state index in [-0.39, 0.29) is 6.10 Å². The van der Waals surface area contributed by atoms with E-state index in [1.807, 2.05) is 18.2 Å². The number of halogens is 2. The zero-order chi connectivity index (χ0) is 10.8. The molecule has 82 valence electrons. The van der Waals surface area contributed by atoms with Crippen molar-refractivity contribution < 1.29 is 4.74 Å². The minimum atomic E-state index is -0.0452. The summed E-state index contributed by atoms with van der Waals surface area (Å²) in [5.41, 5.74) is 6.58. The highest BCUT2D eigenvalue weighted by Crippen LogP contribution is 2.40. The molecule has 0 spiro atoms. The Morgan fingerprint density at radius 2 is 2.00 bits per heavy atom. The SMILES string of the molecule is NCC1CCOC1c1c(Cl)cccc1Cl. The van der Waals surface area contributed by atoms with E-state index in [1.165, 1.54) is 0 Å². The summed E-state index contributed by atoms with van der Waals surface area (Å²) < 4.78 is 5.66. The van der Waals surface area contributed by atoms with Gasteiger partial charge >= 0.3 is 0 Å². The number of rotatable bonds is 2. The molecule has 1 heterocycles. The number of benzene rings is 1. The quantitative estimate of drug-likeness (QED) is 0.870. The number of hydrogen-bond acceptors (Lipinski definition) is 2. The highest BCUT2D eigenvalue weighted by Gasteiger charge is 2.31. The van der Waals surface area contributed by atoms with Crippen molar-refractivity contribution in [2.75, 3.05) is 13.2 Å². The van der Waals surface area contributed by atoms with Gasteiger partial charge < -0.3 is 10.5 Å². The number of ether oxygens (including phenoxy) is 1. The largest absolute Gasteiger partial charge is 0.373 e. The van der Waals surface area contributed by atoms with Crippen molar-refractivity contribution in [1.82, 2.24) is 0 Å². The third-order valence-electron chi connectivity index (χ3n) is 2.80. The van der Waals surface area contributed by atoms with Crippen LogP contribution in [0.25, 0.3) is 0 Å². The molecule has 4 heteroatoms. The molecular formula is C11H13Cl2NO. The van der Waals surface area contributed by atoms with Gasteiger partial charge in [0.2, 0.25) is 0 Å². The summed E-state index contributed by atoms with van der Waals surface area (Å²) in [5, 5.41) is 1.32. The fourth-order valence-electron chi connectivity index (χ4n) is 1.98. The van der Waals surface area contributed by atoms with Gasteiger partial charge in [0.15, 0.2) is 0 Å². The lowest BCUT2D eigenvalue weighted by atomic mass is 9.95. The molecule has 0 aliphatic carbocycles. The summed E-state index contributed by atoms with van der Waals surface area (Å²) in [6, 6.07) is 5.50. The topological polar surface area (TPSA) is 35.2 Å². The van der Waals surface area contributed by atoms with Gasteiger partial charge in [-0.1, -0.05) is 29.3 Å². The Morgan fingerprint density at radius 3 is 2.60 bits per heavy atom. The molecule has 0 amide bonds. The first-order valence-corrected chi connectivity index (χ1v) is 5.75. The molecule has 0 radical (unpaired) electrons. The van der Waals surface area contributed by atoms with Crippen LogP contribution in [0.15, 0.2) is 18.2 Å². The lowest BCUT2D eigenvalue weighted by Crippen LogP contribution is -2.18. The van der Waals surface area contributed by atoms with Crippen LogP contribution in [0.1, 0.15) is 18.1 Å². The van der Waals surface area contributed by atoms with E-state index < -0.39 is 0 Å². The van der Waals surface area contributed by atoms with Crippen molar-refractivity contribution in [3.05, 3.63) is 33.8 Å². The first-order chi connectivity index (χ1) is 7.24. The lowest BCUT2D eigenvalue weighted by molar-refractivity contribution is 0.0926. The van der Waals surface area contributed by atoms with Gasteiger partial charge in [-0.3, -0.25) is 0 Å². The van der Waals surface area contributed by atoms with Gasteiger partial charge in [-0.2, -0.15) is 0 Å². The minimum Gasteiger partial charge on any atom is -0.373 e. The predicted octanol–water partition coefficient (Wildman–Crippen LogP) is 3.03. The lowest BCUT2D eigenvalue weighted by Gasteiger charge is -2.19. The molecule has 2 atom stereocenters. The van der Waals surface area contributed by atoms with E-state index in [0.29, 0.717) is 22.5 Å². The van der Waals surface area contributed by atoms with E-state index in [2.05, 4.69) is 0 Å². The van der Waals surface area contributed by atoms with Gasteiger partial charge in [0, 0.05) is 28.1 Å². The molecule has 2 rings (SSSR count). The Balaban J connectivity index is 2.36. The molecule has 1 saturated heterocycles. The third kappa shape index (κ3) is 2.13. The second kappa shape index (κ2) is 4.71. The molecule has 1 fully saturated rings. The van der Waals surface area contributed by atoms with Gasteiger partial charge in [0.1, 0.15) is 0 Å². The van der Waals surface area contributed by atoms with Gasteiger partial charge in [-0.25, -0.2) is 0 Å². The molecule has 1 aliphatic rings. The van der Waals surface area contributed by atoms with Crippen LogP contribution in [-0.4, -0.2) is 13.2 Å². The minimum absolute atomic E-state index is 0.0452. The molecule has 1 aromatic rings. The second-order valence-electron chi connectivity index (χ2n) is 3.71. The van der Waals surface area contributed by atoms with Crippen LogP contribution in [-0.2, 0) is 4.74 Å². The fraction of sp³-hybridized carbons (Fsp3) is 0.455. The van der Waals surface area contributed by atoms with Crippen molar-refractivity contribution in [3.8, 4) is 0 Å². The summed E-state index contributed by atoms with van der Waals surface area (Å²) in [7, 11) is 0. The molecule has 0 saturated carbocycles. The van der Waals surface area contributed by atoms with Crippen LogP contribution in [0.4, 0.5) is 0 Å². The first kappa shape index (κ1) is 11.2. The zero-order valence-corrected chi connectivity index (χ0v) is 9.76. The van der Waals surface area contributed by atoms with Crippen molar-refractivity contribution in [2.45, 2.75) is 12.5 Å². The summed E-state index contributed by atoms with van der Waals surface area (Å²) in [5.74, 6) is 0.322. The molecule has 1 aliphatic heterocycles. The van der Waals surface area contributed by atoms with Crippen molar-refractivity contribution in [2.24, 2.45) is 11.7 Å².